The minimum absolute atomic E-state index is 0.0661. The van der Waals surface area contributed by atoms with Crippen LogP contribution in [0.3, 0.4) is 0 Å². The van der Waals surface area contributed by atoms with Crippen molar-refractivity contribution in [2.24, 2.45) is 0 Å². The predicted octanol–water partition coefficient (Wildman–Crippen LogP) is 4.38. The van der Waals surface area contributed by atoms with Gasteiger partial charge in [-0.15, -0.1) is 0 Å². The number of hydrogen-bond acceptors (Lipinski definition) is 7. The van der Waals surface area contributed by atoms with Gasteiger partial charge >= 0.3 is 0 Å². The number of carbonyl (C=O) groups is 2. The van der Waals surface area contributed by atoms with E-state index in [2.05, 4.69) is 0 Å². The van der Waals surface area contributed by atoms with Gasteiger partial charge < -0.3 is 24.8 Å². The summed E-state index contributed by atoms with van der Waals surface area (Å²) >= 11 is 0. The topological polar surface area (TPSA) is 113 Å². The number of carbonyl (C=O) groups excluding carboxylic acids is 2. The quantitative estimate of drug-likeness (QED) is 0.286. The fourth-order valence-electron chi connectivity index (χ4n) is 3.49. The fourth-order valence-corrected chi connectivity index (χ4v) is 3.49. The molecule has 0 saturated carbocycles. The molecule has 0 heterocycles. The standard InChI is InChI=1S/C29H24O7/c30-21(17-35-22-12-10-20(11-13-22)29(34)24-8-4-5-9-26(24)31)18-36-23-14-15-25(27(32)16-23)28(33)19-6-2-1-3-7-19/h1-16,21,30-32H,17-18H2. The lowest BCUT2D eigenvalue weighted by Crippen LogP contribution is -2.25. The van der Waals surface area contributed by atoms with Crippen LogP contribution in [0.15, 0.2) is 97.1 Å². The average Bonchev–Trinajstić information content (AvgIpc) is 2.91. The van der Waals surface area contributed by atoms with Gasteiger partial charge in [0.15, 0.2) is 11.6 Å². The van der Waals surface area contributed by atoms with Crippen LogP contribution < -0.4 is 9.47 Å². The predicted molar refractivity (Wildman–Crippen MR) is 133 cm³/mol. The summed E-state index contributed by atoms with van der Waals surface area (Å²) < 4.78 is 11.1. The molecule has 7 nitrogen and oxygen atoms in total. The number of aromatic hydroxyl groups is 2. The van der Waals surface area contributed by atoms with E-state index in [1.807, 2.05) is 0 Å². The molecule has 182 valence electrons. The number of ketones is 2. The summed E-state index contributed by atoms with van der Waals surface area (Å²) in [5, 5.41) is 30.3. The second-order valence-electron chi connectivity index (χ2n) is 8.02. The van der Waals surface area contributed by atoms with Gasteiger partial charge in [-0.05, 0) is 48.5 Å². The van der Waals surface area contributed by atoms with Crippen LogP contribution in [-0.4, -0.2) is 46.2 Å². The summed E-state index contributed by atoms with van der Waals surface area (Å²) in [6.45, 7) is -0.168. The molecule has 4 rings (SSSR count). The molecule has 0 amide bonds. The third kappa shape index (κ3) is 5.89. The van der Waals surface area contributed by atoms with Crippen molar-refractivity contribution >= 4 is 11.6 Å². The van der Waals surface area contributed by atoms with Crippen LogP contribution in [0, 0.1) is 0 Å². The van der Waals surface area contributed by atoms with E-state index in [9.17, 15) is 24.9 Å². The van der Waals surface area contributed by atoms with Crippen LogP contribution in [0.2, 0.25) is 0 Å². The molecule has 1 unspecified atom stereocenters. The maximum atomic E-state index is 12.5. The minimum atomic E-state index is -0.972. The van der Waals surface area contributed by atoms with Gasteiger partial charge in [0, 0.05) is 17.2 Å². The Morgan fingerprint density at radius 1 is 0.611 bits per heavy atom. The third-order valence-corrected chi connectivity index (χ3v) is 5.40. The van der Waals surface area contributed by atoms with Gasteiger partial charge in [0.1, 0.15) is 42.3 Å². The van der Waals surface area contributed by atoms with Crippen LogP contribution in [-0.2, 0) is 0 Å². The second kappa shape index (κ2) is 11.2. The molecule has 4 aromatic rings. The summed E-state index contributed by atoms with van der Waals surface area (Å²) in [4.78, 5) is 25.0. The first-order chi connectivity index (χ1) is 17.4. The molecule has 7 heteroatoms. The molecule has 0 aliphatic carbocycles. The van der Waals surface area contributed by atoms with E-state index in [-0.39, 0.29) is 47.4 Å². The van der Waals surface area contributed by atoms with Crippen molar-refractivity contribution in [3.05, 3.63) is 119 Å². The molecular formula is C29H24O7. The lowest BCUT2D eigenvalue weighted by Gasteiger charge is -2.14. The van der Waals surface area contributed by atoms with Crippen LogP contribution in [0.1, 0.15) is 31.8 Å². The molecule has 4 aromatic carbocycles. The second-order valence-corrected chi connectivity index (χ2v) is 8.02. The monoisotopic (exact) mass is 484 g/mol. The number of rotatable bonds is 10. The van der Waals surface area contributed by atoms with Crippen molar-refractivity contribution in [2.45, 2.75) is 6.10 Å². The Labute approximate surface area is 207 Å². The number of aliphatic hydroxyl groups excluding tert-OH is 1. The van der Waals surface area contributed by atoms with Gasteiger partial charge in [-0.3, -0.25) is 9.59 Å². The Hall–Kier alpha value is -4.62. The zero-order chi connectivity index (χ0) is 25.5. The smallest absolute Gasteiger partial charge is 0.196 e. The SMILES string of the molecule is O=C(c1ccc(OCC(O)COc2ccc(C(=O)c3ccccc3)c(O)c2)cc1)c1ccccc1O. The zero-order valence-electron chi connectivity index (χ0n) is 19.2. The fraction of sp³-hybridized carbons (Fsp3) is 0.103. The Kier molecular flexibility index (Phi) is 7.63. The first-order valence-electron chi connectivity index (χ1n) is 11.2. The summed E-state index contributed by atoms with van der Waals surface area (Å²) in [5.41, 5.74) is 1.22. The number of phenolic OH excluding ortho intramolecular Hbond substituents is 2. The lowest BCUT2D eigenvalue weighted by molar-refractivity contribution is 0.0625. The average molecular weight is 485 g/mol. The molecule has 0 spiro atoms. The van der Waals surface area contributed by atoms with Gasteiger partial charge in [0.25, 0.3) is 0 Å². The van der Waals surface area contributed by atoms with Crippen LogP contribution in [0.25, 0.3) is 0 Å². The molecule has 0 fully saturated rings. The van der Waals surface area contributed by atoms with Crippen molar-refractivity contribution < 1.29 is 34.4 Å². The van der Waals surface area contributed by atoms with E-state index in [0.717, 1.165) is 0 Å². The molecule has 1 atom stereocenters. The van der Waals surface area contributed by atoms with E-state index in [1.165, 1.54) is 18.2 Å². The largest absolute Gasteiger partial charge is 0.507 e. The van der Waals surface area contributed by atoms with Crippen molar-refractivity contribution in [3.63, 3.8) is 0 Å². The highest BCUT2D eigenvalue weighted by molar-refractivity contribution is 6.11. The number of ether oxygens (including phenoxy) is 2. The number of phenols is 2. The third-order valence-electron chi connectivity index (χ3n) is 5.40. The Morgan fingerprint density at radius 3 is 1.78 bits per heavy atom. The molecular weight excluding hydrogens is 460 g/mol. The summed E-state index contributed by atoms with van der Waals surface area (Å²) in [7, 11) is 0. The molecule has 0 aromatic heterocycles. The van der Waals surface area contributed by atoms with Gasteiger partial charge in [0.05, 0.1) is 11.1 Å². The Morgan fingerprint density at radius 2 is 1.14 bits per heavy atom. The van der Waals surface area contributed by atoms with Gasteiger partial charge in [-0.2, -0.15) is 0 Å². The number of hydrogen-bond donors (Lipinski definition) is 3. The number of aliphatic hydroxyl groups is 1. The number of benzene rings is 4. The molecule has 0 aliphatic rings. The highest BCUT2D eigenvalue weighted by Gasteiger charge is 2.16. The van der Waals surface area contributed by atoms with Crippen molar-refractivity contribution in [2.75, 3.05) is 13.2 Å². The maximum Gasteiger partial charge on any atom is 0.196 e. The molecule has 0 aliphatic heterocycles. The zero-order valence-corrected chi connectivity index (χ0v) is 19.2. The molecule has 36 heavy (non-hydrogen) atoms. The maximum absolute atomic E-state index is 12.5. The van der Waals surface area contributed by atoms with E-state index < -0.39 is 6.10 Å². The van der Waals surface area contributed by atoms with Gasteiger partial charge in [-0.1, -0.05) is 42.5 Å². The van der Waals surface area contributed by atoms with Crippen molar-refractivity contribution in [1.29, 1.82) is 0 Å². The molecule has 0 radical (unpaired) electrons. The summed E-state index contributed by atoms with van der Waals surface area (Å²) in [6.07, 6.45) is -0.972. The van der Waals surface area contributed by atoms with E-state index >= 15 is 0 Å². The van der Waals surface area contributed by atoms with Crippen LogP contribution in [0.5, 0.6) is 23.0 Å². The minimum Gasteiger partial charge on any atom is -0.507 e. The van der Waals surface area contributed by atoms with E-state index in [0.29, 0.717) is 22.6 Å². The molecule has 0 saturated heterocycles. The molecule has 0 bridgehead atoms. The van der Waals surface area contributed by atoms with Crippen molar-refractivity contribution in [1.82, 2.24) is 0 Å². The van der Waals surface area contributed by atoms with Crippen molar-refractivity contribution in [3.8, 4) is 23.0 Å². The lowest BCUT2D eigenvalue weighted by atomic mass is 10.0. The number of para-hydroxylation sites is 1. The van der Waals surface area contributed by atoms with E-state index in [1.54, 1.807) is 78.9 Å². The Bertz CT molecular complexity index is 1350. The molecule has 3 N–H and O–H groups in total. The van der Waals surface area contributed by atoms with Crippen LogP contribution >= 0.6 is 0 Å². The highest BCUT2D eigenvalue weighted by atomic mass is 16.5. The Balaban J connectivity index is 1.28. The first-order valence-corrected chi connectivity index (χ1v) is 11.2. The van der Waals surface area contributed by atoms with Gasteiger partial charge in [-0.25, -0.2) is 0 Å². The summed E-state index contributed by atoms with van der Waals surface area (Å²) in [6, 6.07) is 25.6. The summed E-state index contributed by atoms with van der Waals surface area (Å²) in [5.74, 6) is -0.177. The highest BCUT2D eigenvalue weighted by Crippen LogP contribution is 2.26. The van der Waals surface area contributed by atoms with Gasteiger partial charge in [0.2, 0.25) is 0 Å². The first kappa shape index (κ1) is 24.5. The van der Waals surface area contributed by atoms with Crippen LogP contribution in [0.4, 0.5) is 0 Å². The normalized spacial score (nSPS) is 11.5. The van der Waals surface area contributed by atoms with E-state index in [4.69, 9.17) is 9.47 Å².